The van der Waals surface area contributed by atoms with Crippen molar-refractivity contribution in [1.29, 1.82) is 0 Å². The summed E-state index contributed by atoms with van der Waals surface area (Å²) in [4.78, 5) is 15.9. The molecule has 24 heavy (non-hydrogen) atoms. The van der Waals surface area contributed by atoms with Crippen LogP contribution in [0.1, 0.15) is 0 Å². The molecule has 0 saturated heterocycles. The van der Waals surface area contributed by atoms with E-state index in [2.05, 4.69) is 4.98 Å². The Morgan fingerprint density at radius 2 is 1.75 bits per heavy atom. The van der Waals surface area contributed by atoms with E-state index in [1.54, 1.807) is 24.3 Å². The molecule has 1 N–H and O–H groups in total. The van der Waals surface area contributed by atoms with Gasteiger partial charge in [0.1, 0.15) is 0 Å². The molecule has 0 radical (unpaired) electrons. The van der Waals surface area contributed by atoms with Gasteiger partial charge in [-0.2, -0.15) is 0 Å². The van der Waals surface area contributed by atoms with Crippen molar-refractivity contribution in [3.05, 3.63) is 71.0 Å². The lowest BCUT2D eigenvalue weighted by molar-refractivity contribution is 0.595. The molecular formula is C18H14N2O3S. The first-order valence-corrected chi connectivity index (χ1v) is 9.23. The maximum absolute atomic E-state index is 12.7. The van der Waals surface area contributed by atoms with Gasteiger partial charge in [0.25, 0.3) is 0 Å². The van der Waals surface area contributed by atoms with Crippen molar-refractivity contribution in [2.24, 2.45) is 0 Å². The Labute approximate surface area is 138 Å². The number of pyridine rings is 1. The summed E-state index contributed by atoms with van der Waals surface area (Å²) >= 11 is 0. The van der Waals surface area contributed by atoms with E-state index >= 15 is 0 Å². The highest BCUT2D eigenvalue weighted by Gasteiger charge is 2.14. The lowest BCUT2D eigenvalue weighted by Crippen LogP contribution is -2.08. The fourth-order valence-corrected chi connectivity index (χ4v) is 3.81. The number of hydrogen-bond donors (Lipinski definition) is 1. The number of fused-ring (bicyclic) bond motifs is 3. The quantitative estimate of drug-likeness (QED) is 0.611. The minimum Gasteiger partial charge on any atom is -0.354 e. The van der Waals surface area contributed by atoms with Gasteiger partial charge in [-0.15, -0.1) is 0 Å². The molecule has 0 unspecified atom stereocenters. The molecule has 2 aromatic heterocycles. The average Bonchev–Trinajstić information content (AvgIpc) is 2.99. The van der Waals surface area contributed by atoms with E-state index in [0.717, 1.165) is 17.5 Å². The third-order valence-electron chi connectivity index (χ3n) is 4.07. The van der Waals surface area contributed by atoms with Gasteiger partial charge in [-0.3, -0.25) is 4.79 Å². The van der Waals surface area contributed by atoms with Crippen LogP contribution in [-0.4, -0.2) is 23.6 Å². The molecule has 0 aliphatic carbocycles. The molecule has 4 rings (SSSR count). The highest BCUT2D eigenvalue weighted by atomic mass is 32.2. The van der Waals surface area contributed by atoms with Gasteiger partial charge in [-0.05, 0) is 23.8 Å². The van der Waals surface area contributed by atoms with Crippen molar-refractivity contribution in [2.45, 2.75) is 0 Å². The van der Waals surface area contributed by atoms with Crippen LogP contribution < -0.4 is 5.43 Å². The lowest BCUT2D eigenvalue weighted by atomic mass is 10.1. The molecular weight excluding hydrogens is 324 g/mol. The molecule has 0 atom stereocenters. The largest absolute Gasteiger partial charge is 0.354 e. The van der Waals surface area contributed by atoms with E-state index in [4.69, 9.17) is 0 Å². The van der Waals surface area contributed by atoms with Crippen LogP contribution >= 0.6 is 0 Å². The summed E-state index contributed by atoms with van der Waals surface area (Å²) in [5, 5.41) is 1.12. The third-order valence-corrected chi connectivity index (χ3v) is 5.10. The maximum Gasteiger partial charge on any atom is 0.236 e. The van der Waals surface area contributed by atoms with Gasteiger partial charge in [-0.25, -0.2) is 12.4 Å². The Morgan fingerprint density at radius 1 is 1.00 bits per heavy atom. The zero-order valence-corrected chi connectivity index (χ0v) is 13.7. The number of benzene rings is 2. The highest BCUT2D eigenvalue weighted by Crippen LogP contribution is 2.26. The van der Waals surface area contributed by atoms with Gasteiger partial charge < -0.3 is 4.98 Å². The van der Waals surface area contributed by atoms with Crippen molar-refractivity contribution >= 4 is 31.8 Å². The molecule has 0 fully saturated rings. The fraction of sp³-hybridized carbons (Fsp3) is 0.0556. The molecule has 0 amide bonds. The molecule has 2 aromatic carbocycles. The average molecular weight is 338 g/mol. The first-order valence-electron chi connectivity index (χ1n) is 7.38. The van der Waals surface area contributed by atoms with E-state index in [0.29, 0.717) is 21.8 Å². The van der Waals surface area contributed by atoms with Crippen LogP contribution in [0.2, 0.25) is 0 Å². The van der Waals surface area contributed by atoms with Gasteiger partial charge in [0.05, 0.1) is 22.7 Å². The number of aromatic amines is 1. The van der Waals surface area contributed by atoms with E-state index < -0.39 is 10.0 Å². The second-order valence-electron chi connectivity index (χ2n) is 5.71. The predicted octanol–water partition coefficient (Wildman–Crippen LogP) is 2.96. The van der Waals surface area contributed by atoms with E-state index in [-0.39, 0.29) is 5.43 Å². The molecule has 5 nitrogen and oxygen atoms in total. The zero-order valence-electron chi connectivity index (χ0n) is 12.9. The molecule has 0 spiro atoms. The van der Waals surface area contributed by atoms with Crippen LogP contribution in [0.3, 0.4) is 0 Å². The molecule has 0 saturated carbocycles. The number of nitrogens with zero attached hydrogens (tertiary/aromatic N) is 1. The lowest BCUT2D eigenvalue weighted by Gasteiger charge is -2.07. The molecule has 0 aliphatic rings. The standard InChI is InChI=1S/C18H14N2O3S/c1-24(22,23)20-10-9-13-16(20)8-7-14-18(13)17(21)11-15(19-14)12-5-3-2-4-6-12/h2-11H,1H3,(H,19,21). The van der Waals surface area contributed by atoms with Crippen LogP contribution in [0.4, 0.5) is 0 Å². The molecule has 0 aliphatic heterocycles. The number of rotatable bonds is 2. The molecule has 0 bridgehead atoms. The summed E-state index contributed by atoms with van der Waals surface area (Å²) in [5.74, 6) is 0. The number of H-pyrrole nitrogens is 1. The summed E-state index contributed by atoms with van der Waals surface area (Å²) in [6.45, 7) is 0. The first kappa shape index (κ1) is 14.7. The van der Waals surface area contributed by atoms with Crippen LogP contribution in [-0.2, 0) is 10.0 Å². The van der Waals surface area contributed by atoms with Crippen molar-refractivity contribution in [2.75, 3.05) is 6.26 Å². The van der Waals surface area contributed by atoms with Crippen molar-refractivity contribution in [3.63, 3.8) is 0 Å². The van der Waals surface area contributed by atoms with Crippen molar-refractivity contribution in [3.8, 4) is 11.3 Å². The second-order valence-corrected chi connectivity index (χ2v) is 7.57. The van der Waals surface area contributed by atoms with E-state index in [9.17, 15) is 13.2 Å². The smallest absolute Gasteiger partial charge is 0.236 e. The van der Waals surface area contributed by atoms with Gasteiger partial charge in [0, 0.05) is 23.3 Å². The summed E-state index contributed by atoms with van der Waals surface area (Å²) < 4.78 is 24.9. The first-order chi connectivity index (χ1) is 11.4. The van der Waals surface area contributed by atoms with Crippen molar-refractivity contribution < 1.29 is 8.42 Å². The van der Waals surface area contributed by atoms with E-state index in [1.807, 2.05) is 30.3 Å². The van der Waals surface area contributed by atoms with Gasteiger partial charge in [-0.1, -0.05) is 30.3 Å². The second kappa shape index (κ2) is 5.07. The summed E-state index contributed by atoms with van der Waals surface area (Å²) in [6.07, 6.45) is 2.61. The Kier molecular flexibility index (Phi) is 3.11. The molecule has 4 aromatic rings. The summed E-state index contributed by atoms with van der Waals surface area (Å²) in [6, 6.07) is 16.3. The maximum atomic E-state index is 12.7. The summed E-state index contributed by atoms with van der Waals surface area (Å²) in [7, 11) is -3.41. The van der Waals surface area contributed by atoms with Crippen LogP contribution in [0, 0.1) is 0 Å². The van der Waals surface area contributed by atoms with Crippen LogP contribution in [0.15, 0.2) is 65.6 Å². The Balaban J connectivity index is 2.06. The van der Waals surface area contributed by atoms with Crippen LogP contribution in [0.25, 0.3) is 33.1 Å². The molecule has 2 heterocycles. The fourth-order valence-electron chi connectivity index (χ4n) is 3.01. The predicted molar refractivity (Wildman–Crippen MR) is 95.7 cm³/mol. The van der Waals surface area contributed by atoms with Gasteiger partial charge in [0.15, 0.2) is 5.43 Å². The Hall–Kier alpha value is -2.86. The monoisotopic (exact) mass is 338 g/mol. The summed E-state index contributed by atoms with van der Waals surface area (Å²) in [5.41, 5.74) is 2.70. The minimum atomic E-state index is -3.41. The zero-order chi connectivity index (χ0) is 16.9. The highest BCUT2D eigenvalue weighted by molar-refractivity contribution is 7.89. The van der Waals surface area contributed by atoms with Crippen LogP contribution in [0.5, 0.6) is 0 Å². The van der Waals surface area contributed by atoms with Crippen molar-refractivity contribution in [1.82, 2.24) is 8.96 Å². The SMILES string of the molecule is CS(=O)(=O)n1ccc2c3c(=O)cc(-c4ccccc4)[nH]c3ccc21. The topological polar surface area (TPSA) is 71.9 Å². The number of hydrogen-bond acceptors (Lipinski definition) is 3. The molecule has 120 valence electrons. The molecule has 6 heteroatoms. The van der Waals surface area contributed by atoms with E-state index in [1.165, 1.54) is 10.2 Å². The number of aromatic nitrogens is 2. The van der Waals surface area contributed by atoms with Gasteiger partial charge in [0.2, 0.25) is 10.0 Å². The Bertz CT molecular complexity index is 1240. The van der Waals surface area contributed by atoms with Gasteiger partial charge >= 0.3 is 0 Å². The number of nitrogens with one attached hydrogen (secondary N) is 1. The Morgan fingerprint density at radius 3 is 2.46 bits per heavy atom. The third kappa shape index (κ3) is 2.23. The minimum absolute atomic E-state index is 0.139. The normalized spacial score (nSPS) is 12.0.